The molecule has 8 rings (SSSR count). The minimum Gasteiger partial charge on any atom is -0.454 e. The van der Waals surface area contributed by atoms with Gasteiger partial charge in [0.2, 0.25) is 13.6 Å². The summed E-state index contributed by atoms with van der Waals surface area (Å²) in [5, 5.41) is 7.15. The summed E-state index contributed by atoms with van der Waals surface area (Å²) in [5.74, 6) is 2.78. The smallest absolute Gasteiger partial charge is 0.255 e. The number of hydrogen-bond acceptors (Lipinski definition) is 8. The molecule has 0 bridgehead atoms. The van der Waals surface area contributed by atoms with E-state index in [9.17, 15) is 9.59 Å². The van der Waals surface area contributed by atoms with Crippen molar-refractivity contribution < 1.29 is 28.5 Å². The highest BCUT2D eigenvalue weighted by Gasteiger charge is 2.40. The summed E-state index contributed by atoms with van der Waals surface area (Å²) in [6.45, 7) is 2.19. The maximum atomic E-state index is 13.7. The first-order valence-electron chi connectivity index (χ1n) is 14.7. The van der Waals surface area contributed by atoms with E-state index in [-0.39, 0.29) is 37.7 Å². The predicted molar refractivity (Wildman–Crippen MR) is 159 cm³/mol. The summed E-state index contributed by atoms with van der Waals surface area (Å²) >= 11 is 0. The van der Waals surface area contributed by atoms with Crippen LogP contribution in [0, 0.1) is 0 Å². The summed E-state index contributed by atoms with van der Waals surface area (Å²) in [4.78, 5) is 31.0. The molecule has 0 radical (unpaired) electrons. The Kier molecular flexibility index (Phi) is 6.58. The Morgan fingerprint density at radius 1 is 0.568 bits per heavy atom. The maximum absolute atomic E-state index is 13.7. The third-order valence-electron chi connectivity index (χ3n) is 8.57. The van der Waals surface area contributed by atoms with Crippen molar-refractivity contribution in [2.75, 3.05) is 26.7 Å². The van der Waals surface area contributed by atoms with Crippen LogP contribution < -0.4 is 29.6 Å². The highest BCUT2D eigenvalue weighted by molar-refractivity contribution is 6.00. The number of fused-ring (bicyclic) bond motifs is 4. The summed E-state index contributed by atoms with van der Waals surface area (Å²) in [5.41, 5.74) is 5.22. The number of carbonyl (C=O) groups is 2. The molecule has 0 saturated carbocycles. The fraction of sp³-hybridized carbons (Fsp3) is 0.235. The number of ether oxygens (including phenoxy) is 4. The second-order valence-electron chi connectivity index (χ2n) is 11.1. The Bertz CT molecular complexity index is 1650. The summed E-state index contributed by atoms with van der Waals surface area (Å²) in [6.07, 6.45) is -0.687. The average molecular weight is 591 g/mol. The Hall–Kier alpha value is -5.06. The minimum absolute atomic E-state index is 0.0576. The third-order valence-corrected chi connectivity index (χ3v) is 8.57. The van der Waals surface area contributed by atoms with Gasteiger partial charge in [0.15, 0.2) is 23.0 Å². The van der Waals surface area contributed by atoms with Gasteiger partial charge in [0.05, 0.1) is 0 Å². The minimum atomic E-state index is -0.343. The molecule has 4 aromatic rings. The van der Waals surface area contributed by atoms with E-state index in [0.29, 0.717) is 37.3 Å². The first-order valence-corrected chi connectivity index (χ1v) is 14.7. The SMILES string of the molecule is O=C1c2ccccc2[C@@H](NCc2ccc3c(c2)OCO3)N1CCN1C(=O)c2ccccc2[C@H]1NCc1ccc2c(c1)OCO2. The van der Waals surface area contributed by atoms with Crippen LogP contribution in [-0.4, -0.2) is 48.3 Å². The van der Waals surface area contributed by atoms with Crippen molar-refractivity contribution in [3.8, 4) is 23.0 Å². The van der Waals surface area contributed by atoms with Crippen LogP contribution in [0.3, 0.4) is 0 Å². The maximum Gasteiger partial charge on any atom is 0.255 e. The number of amides is 2. The molecule has 4 aliphatic heterocycles. The van der Waals surface area contributed by atoms with E-state index in [2.05, 4.69) is 10.6 Å². The molecule has 2 atom stereocenters. The molecular weight excluding hydrogens is 560 g/mol. The van der Waals surface area contributed by atoms with Gasteiger partial charge in [-0.15, -0.1) is 0 Å². The van der Waals surface area contributed by atoms with Crippen molar-refractivity contribution in [3.63, 3.8) is 0 Å². The zero-order valence-electron chi connectivity index (χ0n) is 23.8. The first-order chi connectivity index (χ1) is 21.6. The lowest BCUT2D eigenvalue weighted by molar-refractivity contribution is 0.0560. The molecule has 2 amide bonds. The van der Waals surface area contributed by atoms with Gasteiger partial charge >= 0.3 is 0 Å². The first kappa shape index (κ1) is 26.6. The number of benzene rings is 4. The molecule has 0 unspecified atom stereocenters. The Balaban J connectivity index is 1.01. The summed E-state index contributed by atoms with van der Waals surface area (Å²) in [7, 11) is 0. The standard InChI is InChI=1S/C34H30N4O6/c39-33-25-7-3-1-5-23(25)31(35-17-21-9-11-27-29(15-21)43-19-41-27)37(33)13-14-38-32(24-6-2-4-8-26(24)34(38)40)36-18-22-10-12-28-30(16-22)44-20-42-28/h1-12,15-16,31-32,35-36H,13-14,17-20H2/t31-,32-/m0/s1. The van der Waals surface area contributed by atoms with Gasteiger partial charge in [-0.05, 0) is 47.5 Å². The molecule has 222 valence electrons. The van der Waals surface area contributed by atoms with Crippen LogP contribution in [-0.2, 0) is 13.1 Å². The molecule has 0 spiro atoms. The molecule has 10 nitrogen and oxygen atoms in total. The van der Waals surface area contributed by atoms with Crippen molar-refractivity contribution in [1.29, 1.82) is 0 Å². The topological polar surface area (TPSA) is 102 Å². The van der Waals surface area contributed by atoms with Gasteiger partial charge in [0.25, 0.3) is 11.8 Å². The van der Waals surface area contributed by atoms with Gasteiger partial charge in [-0.2, -0.15) is 0 Å². The van der Waals surface area contributed by atoms with Crippen molar-refractivity contribution in [3.05, 3.63) is 118 Å². The normalized spacial score (nSPS) is 19.1. The number of nitrogens with zero attached hydrogens (tertiary/aromatic N) is 2. The average Bonchev–Trinajstić information content (AvgIpc) is 3.83. The second-order valence-corrected chi connectivity index (χ2v) is 11.1. The van der Waals surface area contributed by atoms with Crippen molar-refractivity contribution in [2.24, 2.45) is 0 Å². The van der Waals surface area contributed by atoms with Gasteiger partial charge in [-0.25, -0.2) is 0 Å². The van der Waals surface area contributed by atoms with E-state index in [0.717, 1.165) is 45.3 Å². The number of hydrogen-bond donors (Lipinski definition) is 2. The molecule has 0 fully saturated rings. The van der Waals surface area contributed by atoms with Gasteiger partial charge in [-0.3, -0.25) is 20.2 Å². The van der Waals surface area contributed by atoms with Crippen molar-refractivity contribution >= 4 is 11.8 Å². The monoisotopic (exact) mass is 590 g/mol. The lowest BCUT2D eigenvalue weighted by atomic mass is 10.1. The van der Waals surface area contributed by atoms with Crippen LogP contribution in [0.1, 0.15) is 55.3 Å². The fourth-order valence-corrected chi connectivity index (χ4v) is 6.39. The fourth-order valence-electron chi connectivity index (χ4n) is 6.39. The largest absolute Gasteiger partial charge is 0.454 e. The Morgan fingerprint density at radius 3 is 1.48 bits per heavy atom. The molecular formula is C34H30N4O6. The van der Waals surface area contributed by atoms with Crippen LogP contribution >= 0.6 is 0 Å². The van der Waals surface area contributed by atoms with Crippen LogP contribution in [0.15, 0.2) is 84.9 Å². The Labute approximate surface area is 254 Å². The molecule has 0 aliphatic carbocycles. The predicted octanol–water partition coefficient (Wildman–Crippen LogP) is 4.33. The van der Waals surface area contributed by atoms with Gasteiger partial charge < -0.3 is 28.7 Å². The quantitative estimate of drug-likeness (QED) is 0.297. The van der Waals surface area contributed by atoms with Crippen molar-refractivity contribution in [2.45, 2.75) is 25.4 Å². The molecule has 0 saturated heterocycles. The van der Waals surface area contributed by atoms with E-state index in [1.54, 1.807) is 0 Å². The molecule has 4 aliphatic rings. The van der Waals surface area contributed by atoms with E-state index in [1.807, 2.05) is 94.7 Å². The van der Waals surface area contributed by atoms with Gasteiger partial charge in [0.1, 0.15) is 12.3 Å². The van der Waals surface area contributed by atoms with Crippen LogP contribution in [0.5, 0.6) is 23.0 Å². The van der Waals surface area contributed by atoms with E-state index >= 15 is 0 Å². The van der Waals surface area contributed by atoms with E-state index in [4.69, 9.17) is 18.9 Å². The van der Waals surface area contributed by atoms with Gasteiger partial charge in [0, 0.05) is 48.4 Å². The summed E-state index contributed by atoms with van der Waals surface area (Å²) < 4.78 is 22.0. The lowest BCUT2D eigenvalue weighted by Crippen LogP contribution is -2.44. The molecule has 2 N–H and O–H groups in total. The highest BCUT2D eigenvalue weighted by Crippen LogP contribution is 2.37. The molecule has 44 heavy (non-hydrogen) atoms. The van der Waals surface area contributed by atoms with Crippen molar-refractivity contribution in [1.82, 2.24) is 20.4 Å². The van der Waals surface area contributed by atoms with E-state index < -0.39 is 0 Å². The highest BCUT2D eigenvalue weighted by atomic mass is 16.7. The third kappa shape index (κ3) is 4.59. The molecule has 0 aromatic heterocycles. The van der Waals surface area contributed by atoms with Crippen LogP contribution in [0.2, 0.25) is 0 Å². The van der Waals surface area contributed by atoms with Gasteiger partial charge in [-0.1, -0.05) is 48.5 Å². The van der Waals surface area contributed by atoms with Crippen LogP contribution in [0.4, 0.5) is 0 Å². The number of nitrogens with one attached hydrogen (secondary N) is 2. The molecule has 10 heteroatoms. The Morgan fingerprint density at radius 2 is 1.00 bits per heavy atom. The molecule has 4 aromatic carbocycles. The summed E-state index contributed by atoms with van der Waals surface area (Å²) in [6, 6.07) is 27.0. The lowest BCUT2D eigenvalue weighted by Gasteiger charge is -2.31. The van der Waals surface area contributed by atoms with E-state index in [1.165, 1.54) is 0 Å². The second kappa shape index (κ2) is 10.9. The van der Waals surface area contributed by atoms with Crippen LogP contribution in [0.25, 0.3) is 0 Å². The molecule has 4 heterocycles. The zero-order valence-corrected chi connectivity index (χ0v) is 23.8. The number of carbonyl (C=O) groups excluding carboxylic acids is 2. The zero-order chi connectivity index (χ0) is 29.6. The number of rotatable bonds is 9.